The van der Waals surface area contributed by atoms with Gasteiger partial charge < -0.3 is 8.83 Å². The molecule has 0 aliphatic carbocycles. The van der Waals surface area contributed by atoms with Crippen LogP contribution < -0.4 is 4.90 Å². The number of pyridine rings is 1. The number of rotatable bonds is 3. The van der Waals surface area contributed by atoms with Gasteiger partial charge in [-0.1, -0.05) is 60.7 Å². The molecule has 0 unspecified atom stereocenters. The lowest BCUT2D eigenvalue weighted by molar-refractivity contribution is 0.668. The lowest BCUT2D eigenvalue weighted by Gasteiger charge is -2.24. The third-order valence-electron chi connectivity index (χ3n) is 8.68. The van der Waals surface area contributed by atoms with Crippen molar-refractivity contribution < 1.29 is 8.83 Å². The van der Waals surface area contributed by atoms with Crippen molar-refractivity contribution in [2.45, 2.75) is 0 Å². The van der Waals surface area contributed by atoms with Crippen molar-refractivity contribution >= 4 is 103 Å². The number of benzene rings is 6. The highest BCUT2D eigenvalue weighted by Crippen LogP contribution is 2.43. The molecule has 0 saturated heterocycles. The molecule has 0 amide bonds. The van der Waals surface area contributed by atoms with Gasteiger partial charge in [0.1, 0.15) is 28.1 Å². The zero-order chi connectivity index (χ0) is 28.8. The molecular weight excluding hydrogens is 561 g/mol. The van der Waals surface area contributed by atoms with E-state index < -0.39 is 0 Å². The normalized spacial score (nSPS) is 12.1. The van der Waals surface area contributed by atoms with Crippen LogP contribution in [0.2, 0.25) is 0 Å². The minimum absolute atomic E-state index is 0.784. The number of anilines is 3. The Bertz CT molecular complexity index is 2640. The van der Waals surface area contributed by atoms with Gasteiger partial charge in [-0.05, 0) is 71.4 Å². The zero-order valence-electron chi connectivity index (χ0n) is 23.3. The molecule has 10 aromatic rings. The fourth-order valence-electron chi connectivity index (χ4n) is 6.59. The quantitative estimate of drug-likeness (QED) is 0.208. The minimum Gasteiger partial charge on any atom is -0.456 e. The molecule has 0 aliphatic rings. The maximum atomic E-state index is 6.47. The summed E-state index contributed by atoms with van der Waals surface area (Å²) < 4.78 is 15.2. The molecule has 0 aliphatic heterocycles. The van der Waals surface area contributed by atoms with Crippen LogP contribution in [0.1, 0.15) is 0 Å². The number of aromatic nitrogens is 1. The first-order valence-electron chi connectivity index (χ1n) is 14.6. The van der Waals surface area contributed by atoms with Gasteiger partial charge in [0.15, 0.2) is 0 Å². The van der Waals surface area contributed by atoms with E-state index in [1.54, 1.807) is 0 Å². The summed E-state index contributed by atoms with van der Waals surface area (Å²) >= 11 is 1.82. The van der Waals surface area contributed by atoms with E-state index in [1.165, 1.54) is 25.6 Å². The summed E-state index contributed by atoms with van der Waals surface area (Å²) in [6, 6.07) is 44.6. The molecule has 0 radical (unpaired) electrons. The van der Waals surface area contributed by atoms with E-state index >= 15 is 0 Å². The van der Waals surface area contributed by atoms with Gasteiger partial charge in [-0.2, -0.15) is 0 Å². The molecule has 206 valence electrons. The molecule has 4 heterocycles. The van der Waals surface area contributed by atoms with Gasteiger partial charge in [-0.15, -0.1) is 11.3 Å². The van der Waals surface area contributed by atoms with Gasteiger partial charge >= 0.3 is 0 Å². The van der Waals surface area contributed by atoms with Gasteiger partial charge in [-0.3, -0.25) is 4.90 Å². The molecule has 0 N–H and O–H groups in total. The van der Waals surface area contributed by atoms with Crippen LogP contribution in [-0.4, -0.2) is 4.98 Å². The lowest BCUT2D eigenvalue weighted by Crippen LogP contribution is -2.11. The summed E-state index contributed by atoms with van der Waals surface area (Å²) in [6.45, 7) is 0. The maximum Gasteiger partial charge on any atom is 0.141 e. The zero-order valence-corrected chi connectivity index (χ0v) is 24.1. The van der Waals surface area contributed by atoms with Crippen molar-refractivity contribution in [3.05, 3.63) is 134 Å². The van der Waals surface area contributed by atoms with Crippen LogP contribution in [0.25, 0.3) is 74.8 Å². The van der Waals surface area contributed by atoms with Gasteiger partial charge in [-0.25, -0.2) is 4.98 Å². The largest absolute Gasteiger partial charge is 0.456 e. The average molecular weight is 583 g/mol. The van der Waals surface area contributed by atoms with Crippen molar-refractivity contribution in [2.75, 3.05) is 4.90 Å². The van der Waals surface area contributed by atoms with E-state index in [-0.39, 0.29) is 0 Å². The van der Waals surface area contributed by atoms with E-state index in [0.29, 0.717) is 0 Å². The summed E-state index contributed by atoms with van der Waals surface area (Å²) in [4.78, 5) is 7.29. The van der Waals surface area contributed by atoms with Gasteiger partial charge in [0.2, 0.25) is 0 Å². The Kier molecular flexibility index (Phi) is 4.84. The molecule has 10 rings (SSSR count). The molecular formula is C39H22N2O2S. The van der Waals surface area contributed by atoms with Crippen LogP contribution in [0, 0.1) is 0 Å². The van der Waals surface area contributed by atoms with E-state index in [2.05, 4.69) is 120 Å². The Morgan fingerprint density at radius 2 is 1.09 bits per heavy atom. The fourth-order valence-corrected chi connectivity index (χ4v) is 7.67. The molecule has 6 aromatic carbocycles. The van der Waals surface area contributed by atoms with Crippen LogP contribution >= 0.6 is 11.3 Å². The van der Waals surface area contributed by atoms with Crippen LogP contribution in [0.15, 0.2) is 142 Å². The molecule has 4 aromatic heterocycles. The number of furan rings is 2. The second kappa shape index (κ2) is 8.93. The summed E-state index contributed by atoms with van der Waals surface area (Å²) in [5, 5.41) is 9.08. The Balaban J connectivity index is 1.22. The van der Waals surface area contributed by atoms with E-state index in [4.69, 9.17) is 13.8 Å². The van der Waals surface area contributed by atoms with Crippen LogP contribution in [-0.2, 0) is 0 Å². The summed E-state index contributed by atoms with van der Waals surface area (Å²) in [6.07, 6.45) is 1.95. The van der Waals surface area contributed by atoms with Crippen LogP contribution in [0.3, 0.4) is 0 Å². The van der Waals surface area contributed by atoms with Gasteiger partial charge in [0.05, 0.1) is 0 Å². The molecule has 4 nitrogen and oxygen atoms in total. The molecule has 5 heteroatoms. The Morgan fingerprint density at radius 3 is 2.00 bits per heavy atom. The fraction of sp³-hybridized carbons (Fsp3) is 0. The highest BCUT2D eigenvalue weighted by Gasteiger charge is 2.20. The van der Waals surface area contributed by atoms with Crippen LogP contribution in [0.5, 0.6) is 0 Å². The van der Waals surface area contributed by atoms with Crippen molar-refractivity contribution in [2.24, 2.45) is 0 Å². The summed E-state index contributed by atoms with van der Waals surface area (Å²) in [7, 11) is 0. The molecule has 0 fully saturated rings. The number of fused-ring (bicyclic) bond motifs is 10. The third kappa shape index (κ3) is 3.47. The number of thiophene rings is 1. The SMILES string of the molecule is c1ccc2cc3c(cc2c1)oc1cc(N(c2ccc4oc5ccccc5c4c2)c2ccc4sc5ccccc5c4c2)ncc13. The first-order chi connectivity index (χ1) is 21.8. The van der Waals surface area contributed by atoms with E-state index in [9.17, 15) is 0 Å². The molecule has 0 atom stereocenters. The summed E-state index contributed by atoms with van der Waals surface area (Å²) in [5.41, 5.74) is 5.44. The van der Waals surface area contributed by atoms with E-state index in [0.717, 1.165) is 66.5 Å². The highest BCUT2D eigenvalue weighted by molar-refractivity contribution is 7.25. The molecule has 0 saturated carbocycles. The molecule has 0 bridgehead atoms. The number of para-hydroxylation sites is 1. The first kappa shape index (κ1) is 23.9. The number of hydrogen-bond acceptors (Lipinski definition) is 5. The van der Waals surface area contributed by atoms with Crippen molar-refractivity contribution in [3.8, 4) is 0 Å². The highest BCUT2D eigenvalue weighted by atomic mass is 32.1. The summed E-state index contributed by atoms with van der Waals surface area (Å²) in [5.74, 6) is 0.784. The Labute approximate surface area is 255 Å². The Morgan fingerprint density at radius 1 is 0.455 bits per heavy atom. The molecule has 0 spiro atoms. The maximum absolute atomic E-state index is 6.47. The second-order valence-corrected chi connectivity index (χ2v) is 12.3. The first-order valence-corrected chi connectivity index (χ1v) is 15.4. The smallest absolute Gasteiger partial charge is 0.141 e. The second-order valence-electron chi connectivity index (χ2n) is 11.2. The standard InChI is InChI=1S/C39H22N2O2S/c1-2-8-24-18-35-29(17-23(24)7-1)32-22-40-39(21-36(32)43-35)41(25-13-15-34-30(19-25)27-9-3-5-11-33(27)42-34)26-14-16-38-31(20-26)28-10-4-6-12-37(28)44-38/h1-22H. The van der Waals surface area contributed by atoms with Gasteiger partial charge in [0.25, 0.3) is 0 Å². The monoisotopic (exact) mass is 582 g/mol. The number of hydrogen-bond donors (Lipinski definition) is 0. The third-order valence-corrected chi connectivity index (χ3v) is 9.83. The number of nitrogens with zero attached hydrogens (tertiary/aromatic N) is 2. The predicted octanol–water partition coefficient (Wildman–Crippen LogP) is 11.9. The van der Waals surface area contributed by atoms with Gasteiger partial charge in [0, 0.05) is 65.4 Å². The van der Waals surface area contributed by atoms with Crippen molar-refractivity contribution in [3.63, 3.8) is 0 Å². The van der Waals surface area contributed by atoms with Crippen molar-refractivity contribution in [1.29, 1.82) is 0 Å². The average Bonchev–Trinajstić information content (AvgIpc) is 3.74. The van der Waals surface area contributed by atoms with Crippen molar-refractivity contribution in [1.82, 2.24) is 4.98 Å². The van der Waals surface area contributed by atoms with E-state index in [1.807, 2.05) is 29.7 Å². The lowest BCUT2D eigenvalue weighted by atomic mass is 10.1. The minimum atomic E-state index is 0.784. The molecule has 44 heavy (non-hydrogen) atoms. The Hall–Kier alpha value is -5.65. The topological polar surface area (TPSA) is 42.4 Å². The van der Waals surface area contributed by atoms with Crippen LogP contribution in [0.4, 0.5) is 17.2 Å². The predicted molar refractivity (Wildman–Crippen MR) is 184 cm³/mol.